The molecule has 6 nitrogen and oxygen atoms in total. The lowest BCUT2D eigenvalue weighted by atomic mass is 9.99. The van der Waals surface area contributed by atoms with Gasteiger partial charge in [-0.15, -0.1) is 0 Å². The third kappa shape index (κ3) is 4.51. The highest BCUT2D eigenvalue weighted by Gasteiger charge is 2.30. The molecule has 0 amide bonds. The SMILES string of the molecule is COc1ccc(S(=O)(=O)N2CCC(COc3ccncc3Cl)CC2)cc1F. The van der Waals surface area contributed by atoms with Crippen LogP contribution < -0.4 is 9.47 Å². The molecule has 2 aromatic rings. The minimum atomic E-state index is -3.74. The first-order valence-electron chi connectivity index (χ1n) is 8.48. The summed E-state index contributed by atoms with van der Waals surface area (Å²) in [7, 11) is -2.41. The van der Waals surface area contributed by atoms with Gasteiger partial charge in [0, 0.05) is 31.5 Å². The van der Waals surface area contributed by atoms with Crippen molar-refractivity contribution in [2.24, 2.45) is 5.92 Å². The molecule has 1 aromatic carbocycles. The van der Waals surface area contributed by atoms with Crippen LogP contribution in [0, 0.1) is 11.7 Å². The minimum Gasteiger partial charge on any atom is -0.494 e. The molecule has 0 atom stereocenters. The summed E-state index contributed by atoms with van der Waals surface area (Å²) < 4.78 is 51.3. The van der Waals surface area contributed by atoms with Gasteiger partial charge in [0.1, 0.15) is 10.8 Å². The number of pyridine rings is 1. The van der Waals surface area contributed by atoms with Crippen molar-refractivity contribution in [3.8, 4) is 11.5 Å². The van der Waals surface area contributed by atoms with Crippen molar-refractivity contribution in [1.29, 1.82) is 0 Å². The van der Waals surface area contributed by atoms with Gasteiger partial charge in [-0.3, -0.25) is 4.98 Å². The lowest BCUT2D eigenvalue weighted by molar-refractivity contribution is 0.185. The molecule has 1 saturated heterocycles. The topological polar surface area (TPSA) is 68.7 Å². The average molecular weight is 415 g/mol. The van der Waals surface area contributed by atoms with Gasteiger partial charge in [0.05, 0.1) is 18.6 Å². The molecule has 2 heterocycles. The lowest BCUT2D eigenvalue weighted by Crippen LogP contribution is -2.39. The van der Waals surface area contributed by atoms with E-state index in [0.29, 0.717) is 43.3 Å². The van der Waals surface area contributed by atoms with E-state index >= 15 is 0 Å². The van der Waals surface area contributed by atoms with Crippen LogP contribution >= 0.6 is 11.6 Å². The Kier molecular flexibility index (Phi) is 6.18. The molecule has 0 spiro atoms. The Morgan fingerprint density at radius 2 is 2.00 bits per heavy atom. The van der Waals surface area contributed by atoms with Gasteiger partial charge in [-0.1, -0.05) is 11.6 Å². The van der Waals surface area contributed by atoms with Gasteiger partial charge < -0.3 is 9.47 Å². The summed E-state index contributed by atoms with van der Waals surface area (Å²) in [6, 6.07) is 5.37. The molecule has 1 aromatic heterocycles. The van der Waals surface area contributed by atoms with E-state index < -0.39 is 15.8 Å². The van der Waals surface area contributed by atoms with E-state index in [1.165, 1.54) is 29.7 Å². The Labute approximate surface area is 162 Å². The van der Waals surface area contributed by atoms with E-state index in [1.54, 1.807) is 12.3 Å². The van der Waals surface area contributed by atoms with Crippen LogP contribution in [0.2, 0.25) is 5.02 Å². The molecule has 9 heteroatoms. The van der Waals surface area contributed by atoms with Gasteiger partial charge in [0.2, 0.25) is 10.0 Å². The van der Waals surface area contributed by atoms with Crippen LogP contribution in [0.5, 0.6) is 11.5 Å². The zero-order valence-corrected chi connectivity index (χ0v) is 16.3. The van der Waals surface area contributed by atoms with Gasteiger partial charge in [-0.05, 0) is 37.0 Å². The number of sulfonamides is 1. The Balaban J connectivity index is 1.59. The number of nitrogens with zero attached hydrogens (tertiary/aromatic N) is 2. The third-order valence-corrected chi connectivity index (χ3v) is 6.72. The number of hydrogen-bond acceptors (Lipinski definition) is 5. The monoisotopic (exact) mass is 414 g/mol. The fourth-order valence-corrected chi connectivity index (χ4v) is 4.62. The first kappa shape index (κ1) is 19.9. The first-order valence-corrected chi connectivity index (χ1v) is 10.3. The predicted molar refractivity (Wildman–Crippen MR) is 99.2 cm³/mol. The number of benzene rings is 1. The molecule has 146 valence electrons. The van der Waals surface area contributed by atoms with Crippen LogP contribution in [0.25, 0.3) is 0 Å². The maximum Gasteiger partial charge on any atom is 0.243 e. The maximum absolute atomic E-state index is 13.9. The summed E-state index contributed by atoms with van der Waals surface area (Å²) in [5, 5.41) is 0.444. The third-order valence-electron chi connectivity index (χ3n) is 4.54. The summed E-state index contributed by atoms with van der Waals surface area (Å²) in [6.07, 6.45) is 4.42. The summed E-state index contributed by atoms with van der Waals surface area (Å²) >= 11 is 6.01. The molecule has 1 aliphatic heterocycles. The van der Waals surface area contributed by atoms with Crippen LogP contribution in [0.3, 0.4) is 0 Å². The molecule has 1 aliphatic rings. The van der Waals surface area contributed by atoms with Crippen molar-refractivity contribution in [1.82, 2.24) is 9.29 Å². The van der Waals surface area contributed by atoms with Crippen molar-refractivity contribution in [3.63, 3.8) is 0 Å². The second-order valence-corrected chi connectivity index (χ2v) is 8.61. The van der Waals surface area contributed by atoms with E-state index in [9.17, 15) is 12.8 Å². The number of aromatic nitrogens is 1. The van der Waals surface area contributed by atoms with Crippen molar-refractivity contribution in [3.05, 3.63) is 47.5 Å². The Bertz CT molecular complexity index is 902. The zero-order valence-electron chi connectivity index (χ0n) is 14.8. The van der Waals surface area contributed by atoms with Gasteiger partial charge >= 0.3 is 0 Å². The highest BCUT2D eigenvalue weighted by Crippen LogP contribution is 2.28. The zero-order chi connectivity index (χ0) is 19.4. The molecule has 0 N–H and O–H groups in total. The van der Waals surface area contributed by atoms with Crippen molar-refractivity contribution in [2.75, 3.05) is 26.8 Å². The second kappa shape index (κ2) is 8.41. The van der Waals surface area contributed by atoms with Crippen LogP contribution in [-0.4, -0.2) is 44.5 Å². The molecular formula is C18H20ClFN2O4S. The van der Waals surface area contributed by atoms with E-state index in [-0.39, 0.29) is 16.6 Å². The fraction of sp³-hybridized carbons (Fsp3) is 0.389. The van der Waals surface area contributed by atoms with Gasteiger partial charge in [-0.25, -0.2) is 12.8 Å². The molecule has 0 bridgehead atoms. The number of ether oxygens (including phenoxy) is 2. The Morgan fingerprint density at radius 3 is 2.63 bits per heavy atom. The smallest absolute Gasteiger partial charge is 0.243 e. The quantitative estimate of drug-likeness (QED) is 0.725. The number of halogens is 2. The van der Waals surface area contributed by atoms with Crippen molar-refractivity contribution in [2.45, 2.75) is 17.7 Å². The van der Waals surface area contributed by atoms with Crippen LogP contribution in [0.1, 0.15) is 12.8 Å². The van der Waals surface area contributed by atoms with Crippen molar-refractivity contribution < 1.29 is 22.3 Å². The standard InChI is InChI=1S/C18H20ClFN2O4S/c1-25-18-3-2-14(10-16(18)20)27(23,24)22-8-5-13(6-9-22)12-26-17-4-7-21-11-15(17)19/h2-4,7,10-11,13H,5-6,8-9,12H2,1H3. The maximum atomic E-state index is 13.9. The van der Waals surface area contributed by atoms with Crippen LogP contribution in [0.4, 0.5) is 4.39 Å². The predicted octanol–water partition coefficient (Wildman–Crippen LogP) is 3.36. The van der Waals surface area contributed by atoms with Crippen LogP contribution in [-0.2, 0) is 10.0 Å². The number of methoxy groups -OCH3 is 1. The molecule has 27 heavy (non-hydrogen) atoms. The van der Waals surface area contributed by atoms with Crippen LogP contribution in [0.15, 0.2) is 41.6 Å². The normalized spacial score (nSPS) is 16.3. The largest absolute Gasteiger partial charge is 0.494 e. The molecule has 0 aliphatic carbocycles. The van der Waals surface area contributed by atoms with Gasteiger partial charge in [0.25, 0.3) is 0 Å². The second-order valence-electron chi connectivity index (χ2n) is 6.26. The van der Waals surface area contributed by atoms with E-state index in [2.05, 4.69) is 4.98 Å². The molecule has 0 saturated carbocycles. The molecule has 0 radical (unpaired) electrons. The summed E-state index contributed by atoms with van der Waals surface area (Å²) in [5.41, 5.74) is 0. The average Bonchev–Trinajstić information content (AvgIpc) is 2.67. The highest BCUT2D eigenvalue weighted by atomic mass is 35.5. The molecule has 1 fully saturated rings. The molecule has 0 unspecified atom stereocenters. The van der Waals surface area contributed by atoms with Gasteiger partial charge in [-0.2, -0.15) is 4.31 Å². The number of piperidine rings is 1. The summed E-state index contributed by atoms with van der Waals surface area (Å²) in [4.78, 5) is 3.83. The summed E-state index contributed by atoms with van der Waals surface area (Å²) in [6.45, 7) is 1.16. The number of rotatable bonds is 6. The van der Waals surface area contributed by atoms with E-state index in [0.717, 1.165) is 6.07 Å². The number of hydrogen-bond donors (Lipinski definition) is 0. The van der Waals surface area contributed by atoms with Crippen molar-refractivity contribution >= 4 is 21.6 Å². The lowest BCUT2D eigenvalue weighted by Gasteiger charge is -2.31. The molecular weight excluding hydrogens is 395 g/mol. The fourth-order valence-electron chi connectivity index (χ4n) is 2.96. The Morgan fingerprint density at radius 1 is 1.26 bits per heavy atom. The first-order chi connectivity index (χ1) is 12.9. The minimum absolute atomic E-state index is 0.0135. The van der Waals surface area contributed by atoms with E-state index in [4.69, 9.17) is 21.1 Å². The molecule has 3 rings (SSSR count). The highest BCUT2D eigenvalue weighted by molar-refractivity contribution is 7.89. The van der Waals surface area contributed by atoms with E-state index in [1.807, 2.05) is 0 Å². The van der Waals surface area contributed by atoms with Gasteiger partial charge in [0.15, 0.2) is 11.6 Å². The Hall–Kier alpha value is -1.90. The summed E-state index contributed by atoms with van der Waals surface area (Å²) in [5.74, 6) is 0.0966.